The first-order valence-corrected chi connectivity index (χ1v) is 11.6. The van der Waals surface area contributed by atoms with Crippen LogP contribution in [0.4, 0.5) is 4.79 Å². The van der Waals surface area contributed by atoms with Gasteiger partial charge in [-0.05, 0) is 68.0 Å². The summed E-state index contributed by atoms with van der Waals surface area (Å²) in [6, 6.07) is 13.7. The van der Waals surface area contributed by atoms with Gasteiger partial charge >= 0.3 is 6.03 Å². The molecule has 3 amide bonds. The quantitative estimate of drug-likeness (QED) is 0.523. The third-order valence-corrected chi connectivity index (χ3v) is 6.22. The highest BCUT2D eigenvalue weighted by atomic mass is 32.2. The van der Waals surface area contributed by atoms with Crippen LogP contribution in [0.3, 0.4) is 0 Å². The van der Waals surface area contributed by atoms with E-state index in [9.17, 15) is 9.59 Å². The summed E-state index contributed by atoms with van der Waals surface area (Å²) < 4.78 is 8.14. The largest absolute Gasteiger partial charge is 0.496 e. The Balaban J connectivity index is 1.40. The van der Waals surface area contributed by atoms with E-state index in [1.807, 2.05) is 49.4 Å². The summed E-state index contributed by atoms with van der Waals surface area (Å²) in [4.78, 5) is 25.5. The zero-order valence-corrected chi connectivity index (χ0v) is 19.0. The molecule has 3 rings (SSSR count). The van der Waals surface area contributed by atoms with Gasteiger partial charge in [0.05, 0.1) is 12.7 Å². The van der Waals surface area contributed by atoms with Crippen molar-refractivity contribution in [2.24, 2.45) is 0 Å². The minimum absolute atomic E-state index is 0.129. The molecule has 0 radical (unpaired) electrons. The zero-order valence-electron chi connectivity index (χ0n) is 18.2. The number of carbonyl (C=O) groups is 2. The second kappa shape index (κ2) is 11.6. The van der Waals surface area contributed by atoms with Gasteiger partial charge in [-0.3, -0.25) is 9.52 Å². The van der Waals surface area contributed by atoms with Gasteiger partial charge in [-0.25, -0.2) is 4.79 Å². The number of nitrogens with one attached hydrogen (secondary N) is 3. The van der Waals surface area contributed by atoms with Crippen molar-refractivity contribution in [3.8, 4) is 5.75 Å². The van der Waals surface area contributed by atoms with E-state index in [-0.39, 0.29) is 11.9 Å². The second-order valence-corrected chi connectivity index (χ2v) is 8.75. The smallest absolute Gasteiger partial charge is 0.325 e. The van der Waals surface area contributed by atoms with Crippen LogP contribution >= 0.6 is 11.9 Å². The molecular weight excluding hydrogens is 410 g/mol. The molecule has 0 heterocycles. The lowest BCUT2D eigenvalue weighted by atomic mass is 9.96. The van der Waals surface area contributed by atoms with E-state index in [1.54, 1.807) is 7.11 Å². The van der Waals surface area contributed by atoms with Crippen molar-refractivity contribution in [1.29, 1.82) is 0 Å². The fourth-order valence-electron chi connectivity index (χ4n) is 3.71. The van der Waals surface area contributed by atoms with Crippen molar-refractivity contribution < 1.29 is 14.3 Å². The number of hydrogen-bond acceptors (Lipinski definition) is 4. The average Bonchev–Trinajstić information content (AvgIpc) is 2.79. The fraction of sp³-hybridized carbons (Fsp3) is 0.417. The Morgan fingerprint density at radius 3 is 2.52 bits per heavy atom. The van der Waals surface area contributed by atoms with Crippen molar-refractivity contribution in [3.63, 3.8) is 0 Å². The molecule has 1 aliphatic rings. The van der Waals surface area contributed by atoms with Crippen LogP contribution in [0.1, 0.15) is 53.6 Å². The van der Waals surface area contributed by atoms with E-state index in [0.717, 1.165) is 35.3 Å². The van der Waals surface area contributed by atoms with E-state index in [1.165, 1.54) is 31.2 Å². The maximum Gasteiger partial charge on any atom is 0.325 e. The second-order valence-electron chi connectivity index (χ2n) is 7.87. The summed E-state index contributed by atoms with van der Waals surface area (Å²) in [7, 11) is 1.56. The van der Waals surface area contributed by atoms with E-state index in [0.29, 0.717) is 23.9 Å². The highest BCUT2D eigenvalue weighted by molar-refractivity contribution is 7.98. The number of hydrogen-bond donors (Lipinski definition) is 3. The molecule has 0 aromatic heterocycles. The van der Waals surface area contributed by atoms with Crippen LogP contribution in [0.5, 0.6) is 5.75 Å². The summed E-state index contributed by atoms with van der Waals surface area (Å²) in [5.41, 5.74) is 2.68. The van der Waals surface area contributed by atoms with Crippen molar-refractivity contribution in [2.75, 3.05) is 13.7 Å². The van der Waals surface area contributed by atoms with Gasteiger partial charge in [0.25, 0.3) is 5.91 Å². The van der Waals surface area contributed by atoms with Crippen molar-refractivity contribution >= 4 is 23.9 Å². The highest BCUT2D eigenvalue weighted by Gasteiger charge is 2.15. The van der Waals surface area contributed by atoms with Gasteiger partial charge in [-0.2, -0.15) is 0 Å². The van der Waals surface area contributed by atoms with Gasteiger partial charge in [0.2, 0.25) is 0 Å². The Bertz CT molecular complexity index is 880. The average molecular weight is 442 g/mol. The fourth-order valence-corrected chi connectivity index (χ4v) is 4.25. The van der Waals surface area contributed by atoms with Crippen molar-refractivity contribution in [2.45, 2.75) is 56.4 Å². The van der Waals surface area contributed by atoms with E-state index >= 15 is 0 Å². The van der Waals surface area contributed by atoms with Gasteiger partial charge in [0.1, 0.15) is 5.75 Å². The van der Waals surface area contributed by atoms with Crippen LogP contribution in [0, 0.1) is 6.92 Å². The van der Waals surface area contributed by atoms with Gasteiger partial charge in [0, 0.05) is 17.5 Å². The lowest BCUT2D eigenvalue weighted by molar-refractivity contribution is 0.0951. The van der Waals surface area contributed by atoms with Crippen LogP contribution in [0.2, 0.25) is 0 Å². The molecule has 6 nitrogen and oxygen atoms in total. The molecule has 1 fully saturated rings. The Morgan fingerprint density at radius 1 is 1.06 bits per heavy atom. The predicted molar refractivity (Wildman–Crippen MR) is 125 cm³/mol. The van der Waals surface area contributed by atoms with Gasteiger partial charge < -0.3 is 15.4 Å². The zero-order chi connectivity index (χ0) is 22.1. The minimum atomic E-state index is -0.138. The Kier molecular flexibility index (Phi) is 8.64. The first kappa shape index (κ1) is 23.0. The maximum atomic E-state index is 12.5. The molecule has 3 N–H and O–H groups in total. The summed E-state index contributed by atoms with van der Waals surface area (Å²) >= 11 is 1.31. The van der Waals surface area contributed by atoms with Crippen molar-refractivity contribution in [3.05, 3.63) is 59.2 Å². The Labute approximate surface area is 188 Å². The maximum absolute atomic E-state index is 12.5. The molecule has 0 bridgehead atoms. The first-order chi connectivity index (χ1) is 15.0. The number of ether oxygens (including phenoxy) is 1. The molecule has 0 saturated heterocycles. The standard InChI is InChI=1S/C24H31N3O3S/c1-17-8-13-22(30-2)21(16-17)23(28)25-15-14-18-9-11-20(12-10-18)31-27-24(29)26-19-6-4-3-5-7-19/h8-13,16,19H,3-7,14-15H2,1-2H3,(H,25,28)(H2,26,27,29). The summed E-state index contributed by atoms with van der Waals surface area (Å²) in [5.74, 6) is 0.436. The molecule has 0 aliphatic heterocycles. The minimum Gasteiger partial charge on any atom is -0.496 e. The van der Waals surface area contributed by atoms with Crippen LogP contribution in [0.15, 0.2) is 47.4 Å². The van der Waals surface area contributed by atoms with Crippen LogP contribution < -0.4 is 20.1 Å². The van der Waals surface area contributed by atoms with Crippen LogP contribution in [0.25, 0.3) is 0 Å². The molecule has 1 aliphatic carbocycles. The highest BCUT2D eigenvalue weighted by Crippen LogP contribution is 2.20. The molecule has 31 heavy (non-hydrogen) atoms. The SMILES string of the molecule is COc1ccc(C)cc1C(=O)NCCc1ccc(SNC(=O)NC2CCCCC2)cc1. The third-order valence-electron chi connectivity index (χ3n) is 5.42. The third kappa shape index (κ3) is 7.21. The number of benzene rings is 2. The summed E-state index contributed by atoms with van der Waals surface area (Å²) in [6.07, 6.45) is 6.52. The number of methoxy groups -OCH3 is 1. The number of urea groups is 1. The lowest BCUT2D eigenvalue weighted by Crippen LogP contribution is -2.40. The number of carbonyl (C=O) groups excluding carboxylic acids is 2. The Morgan fingerprint density at radius 2 is 1.81 bits per heavy atom. The summed E-state index contributed by atoms with van der Waals surface area (Å²) in [5, 5.41) is 6.00. The summed E-state index contributed by atoms with van der Waals surface area (Å²) in [6.45, 7) is 2.48. The normalized spacial score (nSPS) is 14.0. The molecule has 7 heteroatoms. The first-order valence-electron chi connectivity index (χ1n) is 10.8. The molecule has 2 aromatic rings. The van der Waals surface area contributed by atoms with E-state index in [4.69, 9.17) is 4.74 Å². The monoisotopic (exact) mass is 441 g/mol. The Hall–Kier alpha value is -2.67. The lowest BCUT2D eigenvalue weighted by Gasteiger charge is -2.22. The van der Waals surface area contributed by atoms with E-state index in [2.05, 4.69) is 15.4 Å². The molecule has 0 spiro atoms. The molecule has 1 saturated carbocycles. The van der Waals surface area contributed by atoms with Gasteiger partial charge in [0.15, 0.2) is 0 Å². The molecule has 2 aromatic carbocycles. The number of amides is 3. The number of rotatable bonds is 8. The van der Waals surface area contributed by atoms with Gasteiger partial charge in [-0.15, -0.1) is 0 Å². The number of aryl methyl sites for hydroxylation is 1. The van der Waals surface area contributed by atoms with Crippen molar-refractivity contribution in [1.82, 2.24) is 15.4 Å². The topological polar surface area (TPSA) is 79.5 Å². The molecular formula is C24H31N3O3S. The molecule has 0 unspecified atom stereocenters. The predicted octanol–water partition coefficient (Wildman–Crippen LogP) is 4.62. The van der Waals surface area contributed by atoms with Gasteiger partial charge in [-0.1, -0.05) is 43.0 Å². The van der Waals surface area contributed by atoms with E-state index < -0.39 is 0 Å². The molecule has 166 valence electrons. The van der Waals surface area contributed by atoms with Crippen LogP contribution in [-0.4, -0.2) is 31.6 Å². The van der Waals surface area contributed by atoms with Crippen LogP contribution in [-0.2, 0) is 6.42 Å². The molecule has 0 atom stereocenters.